The monoisotopic (exact) mass is 266 g/mol. The van der Waals surface area contributed by atoms with Crippen molar-refractivity contribution in [1.29, 1.82) is 5.26 Å². The molecule has 0 spiro atoms. The minimum Gasteiger partial charge on any atom is -0.351 e. The van der Waals surface area contributed by atoms with Crippen molar-refractivity contribution in [3.8, 4) is 6.07 Å². The number of nitrogens with one attached hydrogen (secondary N) is 1. The number of nitrogens with zero attached hydrogens (tertiary/aromatic N) is 3. The molecule has 0 unspecified atom stereocenters. The standard InChI is InChI=1S/C12H15ClN4O/c1-8(2)11-16-7-9(13)10(17-11)12(18)15-6-4-3-5-14/h7-8H,3-4,6H2,1-2H3,(H,15,18). The van der Waals surface area contributed by atoms with Crippen LogP contribution >= 0.6 is 11.6 Å². The van der Waals surface area contributed by atoms with Gasteiger partial charge in [-0.15, -0.1) is 0 Å². The number of carbonyl (C=O) groups excluding carboxylic acids is 1. The molecule has 1 aromatic rings. The predicted octanol–water partition coefficient (Wildman–Crippen LogP) is 2.29. The van der Waals surface area contributed by atoms with Crippen molar-refractivity contribution in [2.75, 3.05) is 6.54 Å². The number of aromatic nitrogens is 2. The number of hydrogen-bond donors (Lipinski definition) is 1. The van der Waals surface area contributed by atoms with Gasteiger partial charge in [0.25, 0.3) is 5.91 Å². The van der Waals surface area contributed by atoms with Gasteiger partial charge < -0.3 is 5.32 Å². The summed E-state index contributed by atoms with van der Waals surface area (Å²) < 4.78 is 0. The van der Waals surface area contributed by atoms with Crippen molar-refractivity contribution < 1.29 is 4.79 Å². The maximum absolute atomic E-state index is 11.8. The number of nitriles is 1. The minimum atomic E-state index is -0.331. The Morgan fingerprint density at radius 3 is 2.94 bits per heavy atom. The highest BCUT2D eigenvalue weighted by molar-refractivity contribution is 6.33. The van der Waals surface area contributed by atoms with E-state index in [1.807, 2.05) is 19.9 Å². The lowest BCUT2D eigenvalue weighted by molar-refractivity contribution is 0.0948. The van der Waals surface area contributed by atoms with Crippen LogP contribution in [-0.2, 0) is 0 Å². The highest BCUT2D eigenvalue weighted by atomic mass is 35.5. The largest absolute Gasteiger partial charge is 0.351 e. The highest BCUT2D eigenvalue weighted by Gasteiger charge is 2.14. The van der Waals surface area contributed by atoms with Crippen molar-refractivity contribution in [1.82, 2.24) is 15.3 Å². The summed E-state index contributed by atoms with van der Waals surface area (Å²) in [5, 5.41) is 11.3. The summed E-state index contributed by atoms with van der Waals surface area (Å²) in [5.74, 6) is 0.385. The van der Waals surface area contributed by atoms with Crippen LogP contribution in [0.25, 0.3) is 0 Å². The first-order valence-corrected chi connectivity index (χ1v) is 6.11. The van der Waals surface area contributed by atoms with Gasteiger partial charge in [0.15, 0.2) is 0 Å². The van der Waals surface area contributed by atoms with Gasteiger partial charge >= 0.3 is 0 Å². The van der Waals surface area contributed by atoms with Crippen LogP contribution in [0.1, 0.15) is 48.9 Å². The van der Waals surface area contributed by atoms with E-state index in [0.717, 1.165) is 0 Å². The fourth-order valence-electron chi connectivity index (χ4n) is 1.27. The molecule has 6 heteroatoms. The lowest BCUT2D eigenvalue weighted by atomic mass is 10.2. The molecule has 0 saturated carbocycles. The first-order valence-electron chi connectivity index (χ1n) is 5.73. The molecule has 0 atom stereocenters. The summed E-state index contributed by atoms with van der Waals surface area (Å²) in [7, 11) is 0. The van der Waals surface area contributed by atoms with Crippen molar-refractivity contribution >= 4 is 17.5 Å². The van der Waals surface area contributed by atoms with E-state index >= 15 is 0 Å². The number of amides is 1. The van der Waals surface area contributed by atoms with Crippen LogP contribution in [0.4, 0.5) is 0 Å². The van der Waals surface area contributed by atoms with E-state index in [-0.39, 0.29) is 22.5 Å². The Kier molecular flexibility index (Phi) is 5.53. The first-order chi connectivity index (χ1) is 8.56. The Balaban J connectivity index is 2.72. The third-order valence-electron chi connectivity index (χ3n) is 2.25. The fraction of sp³-hybridized carbons (Fsp3) is 0.500. The fourth-order valence-corrected chi connectivity index (χ4v) is 1.45. The number of unbranched alkanes of at least 4 members (excludes halogenated alkanes) is 1. The smallest absolute Gasteiger partial charge is 0.271 e. The van der Waals surface area contributed by atoms with E-state index in [9.17, 15) is 4.79 Å². The number of carbonyl (C=O) groups is 1. The van der Waals surface area contributed by atoms with Crippen LogP contribution in [0, 0.1) is 11.3 Å². The average Bonchev–Trinajstić information content (AvgIpc) is 2.34. The zero-order valence-corrected chi connectivity index (χ0v) is 11.2. The minimum absolute atomic E-state index is 0.132. The van der Waals surface area contributed by atoms with Crippen molar-refractivity contribution in [3.05, 3.63) is 22.7 Å². The first kappa shape index (κ1) is 14.4. The molecular formula is C12H15ClN4O. The van der Waals surface area contributed by atoms with Gasteiger partial charge in [0, 0.05) is 18.9 Å². The van der Waals surface area contributed by atoms with E-state index in [1.165, 1.54) is 6.20 Å². The lowest BCUT2D eigenvalue weighted by Gasteiger charge is -2.08. The van der Waals surface area contributed by atoms with Gasteiger partial charge in [-0.2, -0.15) is 5.26 Å². The molecule has 0 radical (unpaired) electrons. The molecule has 0 aliphatic rings. The second-order valence-electron chi connectivity index (χ2n) is 4.10. The zero-order chi connectivity index (χ0) is 13.5. The lowest BCUT2D eigenvalue weighted by Crippen LogP contribution is -2.26. The van der Waals surface area contributed by atoms with Crippen LogP contribution in [-0.4, -0.2) is 22.4 Å². The topological polar surface area (TPSA) is 78.7 Å². The summed E-state index contributed by atoms with van der Waals surface area (Å²) in [4.78, 5) is 20.0. The van der Waals surface area contributed by atoms with Gasteiger partial charge in [0.1, 0.15) is 11.5 Å². The maximum atomic E-state index is 11.8. The SMILES string of the molecule is CC(C)c1ncc(Cl)c(C(=O)NCCCC#N)n1. The van der Waals surface area contributed by atoms with Crippen molar-refractivity contribution in [2.24, 2.45) is 0 Å². The summed E-state index contributed by atoms with van der Waals surface area (Å²) in [5.41, 5.74) is 0.187. The summed E-state index contributed by atoms with van der Waals surface area (Å²) in [6.07, 6.45) is 2.46. The van der Waals surface area contributed by atoms with E-state index in [1.54, 1.807) is 0 Å². The molecule has 0 aromatic carbocycles. The number of rotatable bonds is 5. The highest BCUT2D eigenvalue weighted by Crippen LogP contribution is 2.16. The number of halogens is 1. The Hall–Kier alpha value is -1.67. The molecule has 0 aliphatic heterocycles. The van der Waals surface area contributed by atoms with Crippen LogP contribution in [0.2, 0.25) is 5.02 Å². The normalized spacial score (nSPS) is 10.2. The summed E-state index contributed by atoms with van der Waals surface area (Å²) in [6.45, 7) is 4.32. The molecule has 1 rings (SSSR count). The van der Waals surface area contributed by atoms with E-state index in [4.69, 9.17) is 16.9 Å². The van der Waals surface area contributed by atoms with E-state index < -0.39 is 0 Å². The zero-order valence-electron chi connectivity index (χ0n) is 10.4. The molecule has 1 aromatic heterocycles. The Labute approximate surface area is 111 Å². The van der Waals surface area contributed by atoms with E-state index in [2.05, 4.69) is 15.3 Å². The van der Waals surface area contributed by atoms with Gasteiger partial charge in [0.2, 0.25) is 0 Å². The molecule has 0 fully saturated rings. The van der Waals surface area contributed by atoms with Crippen LogP contribution in [0.15, 0.2) is 6.20 Å². The quantitative estimate of drug-likeness (QED) is 0.830. The van der Waals surface area contributed by atoms with Gasteiger partial charge in [-0.05, 0) is 6.42 Å². The molecular weight excluding hydrogens is 252 g/mol. The Morgan fingerprint density at radius 2 is 2.33 bits per heavy atom. The third kappa shape index (κ3) is 3.97. The maximum Gasteiger partial charge on any atom is 0.271 e. The molecule has 18 heavy (non-hydrogen) atoms. The second kappa shape index (κ2) is 6.92. The van der Waals surface area contributed by atoms with Gasteiger partial charge in [-0.1, -0.05) is 25.4 Å². The molecule has 96 valence electrons. The van der Waals surface area contributed by atoms with E-state index in [0.29, 0.717) is 25.2 Å². The molecule has 5 nitrogen and oxygen atoms in total. The summed E-state index contributed by atoms with van der Waals surface area (Å²) >= 11 is 5.90. The average molecular weight is 267 g/mol. The molecule has 0 bridgehead atoms. The van der Waals surface area contributed by atoms with Gasteiger partial charge in [-0.25, -0.2) is 9.97 Å². The second-order valence-corrected chi connectivity index (χ2v) is 4.50. The third-order valence-corrected chi connectivity index (χ3v) is 2.52. The molecule has 1 heterocycles. The molecule has 0 saturated heterocycles. The van der Waals surface area contributed by atoms with Crippen LogP contribution in [0.3, 0.4) is 0 Å². The van der Waals surface area contributed by atoms with Crippen LogP contribution < -0.4 is 5.32 Å². The van der Waals surface area contributed by atoms with Crippen LogP contribution in [0.5, 0.6) is 0 Å². The molecule has 0 aliphatic carbocycles. The molecule has 1 amide bonds. The predicted molar refractivity (Wildman–Crippen MR) is 68.3 cm³/mol. The Bertz CT molecular complexity index is 468. The van der Waals surface area contributed by atoms with Gasteiger partial charge in [0.05, 0.1) is 17.3 Å². The Morgan fingerprint density at radius 1 is 1.61 bits per heavy atom. The summed E-state index contributed by atoms with van der Waals surface area (Å²) in [6, 6.07) is 2.01. The van der Waals surface area contributed by atoms with Crippen molar-refractivity contribution in [3.63, 3.8) is 0 Å². The number of hydrogen-bond acceptors (Lipinski definition) is 4. The molecule has 1 N–H and O–H groups in total. The van der Waals surface area contributed by atoms with Crippen molar-refractivity contribution in [2.45, 2.75) is 32.6 Å². The van der Waals surface area contributed by atoms with Gasteiger partial charge in [-0.3, -0.25) is 4.79 Å².